The lowest BCUT2D eigenvalue weighted by molar-refractivity contribution is -0.134. The van der Waals surface area contributed by atoms with Crippen molar-refractivity contribution in [1.29, 1.82) is 5.26 Å². The fourth-order valence-corrected chi connectivity index (χ4v) is 14.8. The van der Waals surface area contributed by atoms with Crippen molar-refractivity contribution in [2.45, 2.75) is 136 Å². The molecule has 0 spiro atoms. The topological polar surface area (TPSA) is 166 Å². The molecule has 9 heterocycles. The van der Waals surface area contributed by atoms with Gasteiger partial charge in [-0.1, -0.05) is 79.2 Å². The molecule has 3 saturated heterocycles. The Balaban J connectivity index is 0.000000139. The molecule has 16 nitrogen and oxygen atoms in total. The zero-order valence-electron chi connectivity index (χ0n) is 55.0. The zero-order valence-corrected chi connectivity index (χ0v) is 55.0. The van der Waals surface area contributed by atoms with Gasteiger partial charge in [0.05, 0.1) is 68.6 Å². The van der Waals surface area contributed by atoms with Crippen molar-refractivity contribution in [2.75, 3.05) is 39.5 Å². The minimum absolute atomic E-state index is 0. The summed E-state index contributed by atoms with van der Waals surface area (Å²) in [6.45, 7) is 10.2. The predicted molar refractivity (Wildman–Crippen MR) is 366 cm³/mol. The number of nitrogens with zero attached hydrogens (tertiary/aromatic N) is 10. The van der Waals surface area contributed by atoms with Crippen LogP contribution in [0.1, 0.15) is 150 Å². The van der Waals surface area contributed by atoms with Crippen molar-refractivity contribution in [3.63, 3.8) is 0 Å². The number of aryl methyl sites for hydroxylation is 5. The van der Waals surface area contributed by atoms with Gasteiger partial charge in [-0.2, -0.15) is 5.26 Å². The lowest BCUT2D eigenvalue weighted by atomic mass is 9.98. The second-order valence-electron chi connectivity index (χ2n) is 26.5. The molecule has 0 saturated carbocycles. The third-order valence-corrected chi connectivity index (χ3v) is 20.1. The summed E-state index contributed by atoms with van der Waals surface area (Å²) in [6, 6.07) is 40.2. The van der Waals surface area contributed by atoms with Gasteiger partial charge in [0, 0.05) is 129 Å². The van der Waals surface area contributed by atoms with E-state index in [0.29, 0.717) is 88.1 Å². The zero-order chi connectivity index (χ0) is 66.9. The molecule has 6 atom stereocenters. The fraction of sp³-hybridized carbons (Fsp3) is 0.380. The van der Waals surface area contributed by atoms with E-state index in [1.54, 1.807) is 18.2 Å². The number of fused-ring (bicyclic) bond motifs is 3. The van der Waals surface area contributed by atoms with Crippen molar-refractivity contribution in [3.05, 3.63) is 250 Å². The Morgan fingerprint density at radius 2 is 0.745 bits per heavy atom. The summed E-state index contributed by atoms with van der Waals surface area (Å²) in [4.78, 5) is 58.5. The molecule has 3 fully saturated rings. The third kappa shape index (κ3) is 15.7. The maximum Gasteiger partial charge on any atom is 0.226 e. The molecule has 6 aliphatic rings. The van der Waals surface area contributed by atoms with Crippen LogP contribution in [0.5, 0.6) is 17.2 Å². The van der Waals surface area contributed by atoms with Gasteiger partial charge in [0.25, 0.3) is 0 Å². The molecule has 19 heteroatoms. The number of benzene rings is 6. The largest absolute Gasteiger partial charge is 0.493 e. The SMILES string of the molecule is C.Cc1ccc(Cn2cncc2CC[C@@H]2CCN(C3CCOc4ccc(F)cc43)C2=O)cc1.Cc1ccc(Cn2cncc2CC[C@H]2CCN(C3CCOc4ccc(F)cc43)C2=O)cc1.N#Cc1ccc(Cn2cncc2CC[C@@H]2CCN([C@@H]3CCOc4ccc(F)cc43)C2=O)cc1. The molecule has 3 aromatic heterocycles. The third-order valence-electron chi connectivity index (χ3n) is 20.1. The highest BCUT2D eigenvalue weighted by Gasteiger charge is 2.42. The Labute approximate surface area is 571 Å². The minimum atomic E-state index is -0.303. The molecule has 508 valence electrons. The first-order valence-electron chi connectivity index (χ1n) is 34.0. The Morgan fingerprint density at radius 3 is 1.05 bits per heavy atom. The van der Waals surface area contributed by atoms with Gasteiger partial charge in [-0.05, 0) is 155 Å². The molecule has 0 N–H and O–H groups in total. The maximum absolute atomic E-state index is 13.9. The summed E-state index contributed by atoms with van der Waals surface area (Å²) >= 11 is 0. The number of carbonyl (C=O) groups excluding carboxylic acids is 3. The molecule has 2 unspecified atom stereocenters. The first kappa shape index (κ1) is 68.0. The summed E-state index contributed by atoms with van der Waals surface area (Å²) in [7, 11) is 0. The van der Waals surface area contributed by atoms with Crippen LogP contribution in [0.15, 0.2) is 165 Å². The van der Waals surface area contributed by atoms with Gasteiger partial charge in [0.2, 0.25) is 17.7 Å². The quantitative estimate of drug-likeness (QED) is 0.0807. The van der Waals surface area contributed by atoms with Gasteiger partial charge in [-0.3, -0.25) is 14.4 Å². The van der Waals surface area contributed by atoms with Crippen LogP contribution < -0.4 is 14.2 Å². The molecule has 0 aliphatic carbocycles. The molecule has 6 aliphatic heterocycles. The van der Waals surface area contributed by atoms with E-state index in [-0.39, 0.29) is 78.5 Å². The van der Waals surface area contributed by atoms with E-state index in [4.69, 9.17) is 19.5 Å². The standard InChI is InChI=1S/C26H25FN4O2.2C26H28FN3O2.CH4/c27-21-6-8-25-23(13-21)24(10-12-33-25)31-11-9-20(26(31)32)5-7-22-15-29-17-30(22)16-19-3-1-18(14-28)2-4-19;2*1-18-2-4-19(5-3-18)16-29-17-28-15-22(29)8-6-20-10-12-30(26(20)31)24-11-13-32-25-9-7-21(27)14-23(24)25;/h1-4,6,8,13,15,17,20,24H,5,7,9-12,16H2;2*2-5,7,9,14-15,17,20,24H,6,8,10-13,16H2,1H3;1H4/t20-,24-;2*20-,24?;/m110./s1. The number of nitriles is 1. The number of hydrogen-bond donors (Lipinski definition) is 0. The lowest BCUT2D eigenvalue weighted by Gasteiger charge is -2.33. The van der Waals surface area contributed by atoms with E-state index in [0.717, 1.165) is 110 Å². The number of rotatable bonds is 18. The summed E-state index contributed by atoms with van der Waals surface area (Å²) < 4.78 is 65.0. The highest BCUT2D eigenvalue weighted by molar-refractivity contribution is 5.83. The lowest BCUT2D eigenvalue weighted by Crippen LogP contribution is -2.35. The summed E-state index contributed by atoms with van der Waals surface area (Å²) in [5.41, 5.74) is 12.5. The second-order valence-corrected chi connectivity index (χ2v) is 26.5. The van der Waals surface area contributed by atoms with Crippen LogP contribution in [-0.4, -0.2) is 101 Å². The highest BCUT2D eigenvalue weighted by atomic mass is 19.1. The average molecular weight is 1330 g/mol. The number of imidazole rings is 3. The molecule has 3 amide bonds. The number of ether oxygens (including phenoxy) is 3. The number of carbonyl (C=O) groups is 3. The van der Waals surface area contributed by atoms with E-state index in [1.807, 2.05) is 76.5 Å². The van der Waals surface area contributed by atoms with E-state index >= 15 is 0 Å². The number of amides is 3. The first-order chi connectivity index (χ1) is 47.3. The number of halogens is 3. The van der Waals surface area contributed by atoms with Gasteiger partial charge in [-0.15, -0.1) is 0 Å². The Morgan fingerprint density at radius 1 is 0.439 bits per heavy atom. The Bertz CT molecular complexity index is 4100. The van der Waals surface area contributed by atoms with Gasteiger partial charge >= 0.3 is 0 Å². The molecule has 6 aromatic carbocycles. The van der Waals surface area contributed by atoms with Gasteiger partial charge in [0.1, 0.15) is 34.7 Å². The molecule has 0 radical (unpaired) electrons. The first-order valence-corrected chi connectivity index (χ1v) is 34.0. The normalized spacial score (nSPS) is 19.9. The van der Waals surface area contributed by atoms with Crippen molar-refractivity contribution in [1.82, 2.24) is 43.4 Å². The maximum atomic E-state index is 13.9. The van der Waals surface area contributed by atoms with E-state index in [9.17, 15) is 27.6 Å². The van der Waals surface area contributed by atoms with E-state index in [1.165, 1.54) is 58.7 Å². The van der Waals surface area contributed by atoms with Crippen molar-refractivity contribution >= 4 is 17.7 Å². The van der Waals surface area contributed by atoms with Crippen LogP contribution in [0.4, 0.5) is 13.2 Å². The summed E-state index contributed by atoms with van der Waals surface area (Å²) in [5, 5.41) is 8.97. The smallest absolute Gasteiger partial charge is 0.226 e. The van der Waals surface area contributed by atoms with E-state index < -0.39 is 0 Å². The predicted octanol–water partition coefficient (Wildman–Crippen LogP) is 14.3. The minimum Gasteiger partial charge on any atom is -0.493 e. The van der Waals surface area contributed by atoms with Crippen molar-refractivity contribution in [2.24, 2.45) is 17.8 Å². The summed E-state index contributed by atoms with van der Waals surface area (Å²) in [6.07, 6.45) is 20.6. The fourth-order valence-electron chi connectivity index (χ4n) is 14.8. The monoisotopic (exact) mass is 1330 g/mol. The highest BCUT2D eigenvalue weighted by Crippen LogP contribution is 2.43. The van der Waals surface area contributed by atoms with Crippen LogP contribution >= 0.6 is 0 Å². The summed E-state index contributed by atoms with van der Waals surface area (Å²) in [5.74, 6) is 1.65. The average Bonchev–Trinajstić information content (AvgIpc) is 1.53. The molecule has 9 aromatic rings. The van der Waals surface area contributed by atoms with Crippen LogP contribution in [0.3, 0.4) is 0 Å². The van der Waals surface area contributed by atoms with Crippen molar-refractivity contribution < 1.29 is 41.8 Å². The van der Waals surface area contributed by atoms with Gasteiger partial charge in [0.15, 0.2) is 0 Å². The number of likely N-dealkylation sites (tertiary alicyclic amines) is 3. The van der Waals surface area contributed by atoms with Crippen LogP contribution in [0.25, 0.3) is 0 Å². The molecular weight excluding hydrogens is 1240 g/mol. The molecular formula is C79H85F3N10O6. The van der Waals surface area contributed by atoms with Gasteiger partial charge in [-0.25, -0.2) is 28.1 Å². The van der Waals surface area contributed by atoms with Crippen LogP contribution in [-0.2, 0) is 53.3 Å². The van der Waals surface area contributed by atoms with Crippen LogP contribution in [0, 0.1) is 60.4 Å². The molecule has 0 bridgehead atoms. The second kappa shape index (κ2) is 31.1. The van der Waals surface area contributed by atoms with Crippen LogP contribution in [0.2, 0.25) is 0 Å². The number of aromatic nitrogens is 6. The van der Waals surface area contributed by atoms with Crippen molar-refractivity contribution in [3.8, 4) is 23.3 Å². The number of hydrogen-bond acceptors (Lipinski definition) is 10. The Kier molecular flexibility index (Phi) is 21.5. The molecule has 98 heavy (non-hydrogen) atoms. The van der Waals surface area contributed by atoms with Gasteiger partial charge < -0.3 is 42.6 Å². The Hall–Kier alpha value is -9.96. The van der Waals surface area contributed by atoms with E-state index in [2.05, 4.69) is 97.1 Å². The molecule has 15 rings (SSSR count).